The van der Waals surface area contributed by atoms with Gasteiger partial charge >= 0.3 is 0 Å². The number of hydrogen-bond donors (Lipinski definition) is 0. The van der Waals surface area contributed by atoms with Gasteiger partial charge in [-0.1, -0.05) is 0 Å². The standard InChI is InChI=1S/C12H7N3O2S/c16-9-6-11(17)18-10(9)5-7-1-2-8-12(15-7)14-4-3-13-8/h1-5H,6H2/b10-5-. The van der Waals surface area contributed by atoms with Crippen molar-refractivity contribution >= 4 is 39.9 Å². The van der Waals surface area contributed by atoms with Crippen LogP contribution in [0, 0.1) is 0 Å². The summed E-state index contributed by atoms with van der Waals surface area (Å²) in [7, 11) is 0. The molecule has 0 aliphatic carbocycles. The van der Waals surface area contributed by atoms with E-state index in [9.17, 15) is 9.59 Å². The molecule has 88 valence electrons. The first-order valence-corrected chi connectivity index (χ1v) is 6.07. The smallest absolute Gasteiger partial charge is 0.201 e. The lowest BCUT2D eigenvalue weighted by atomic mass is 10.2. The summed E-state index contributed by atoms with van der Waals surface area (Å²) in [5, 5.41) is -0.119. The summed E-state index contributed by atoms with van der Waals surface area (Å²) in [6.07, 6.45) is 4.75. The Bertz CT molecular complexity index is 697. The zero-order valence-electron chi connectivity index (χ0n) is 9.16. The Morgan fingerprint density at radius 2 is 2.00 bits per heavy atom. The highest BCUT2D eigenvalue weighted by Gasteiger charge is 2.25. The van der Waals surface area contributed by atoms with Gasteiger partial charge in [-0.3, -0.25) is 14.6 Å². The molecular formula is C12H7N3O2S. The van der Waals surface area contributed by atoms with Crippen molar-refractivity contribution in [3.63, 3.8) is 0 Å². The van der Waals surface area contributed by atoms with Crippen molar-refractivity contribution in [1.82, 2.24) is 15.0 Å². The Morgan fingerprint density at radius 1 is 1.17 bits per heavy atom. The second-order valence-electron chi connectivity index (χ2n) is 3.72. The zero-order valence-corrected chi connectivity index (χ0v) is 9.98. The Kier molecular flexibility index (Phi) is 2.64. The summed E-state index contributed by atoms with van der Waals surface area (Å²) >= 11 is 0.970. The van der Waals surface area contributed by atoms with Gasteiger partial charge in [0.15, 0.2) is 11.4 Å². The molecule has 1 aliphatic rings. The summed E-state index contributed by atoms with van der Waals surface area (Å²) in [6, 6.07) is 3.54. The number of fused-ring (bicyclic) bond motifs is 1. The first kappa shape index (κ1) is 11.0. The number of rotatable bonds is 1. The molecular weight excluding hydrogens is 250 g/mol. The van der Waals surface area contributed by atoms with Gasteiger partial charge in [0.25, 0.3) is 0 Å². The minimum atomic E-state index is -0.147. The van der Waals surface area contributed by atoms with Crippen molar-refractivity contribution in [1.29, 1.82) is 0 Å². The lowest BCUT2D eigenvalue weighted by Crippen LogP contribution is -1.93. The molecule has 0 amide bonds. The van der Waals surface area contributed by atoms with Gasteiger partial charge in [0.2, 0.25) is 5.12 Å². The van der Waals surface area contributed by atoms with E-state index in [2.05, 4.69) is 15.0 Å². The number of Topliss-reactive ketones (excluding diaryl/α,β-unsaturated/α-hetero) is 1. The van der Waals surface area contributed by atoms with Crippen molar-refractivity contribution in [2.45, 2.75) is 6.42 Å². The average molecular weight is 257 g/mol. The van der Waals surface area contributed by atoms with Crippen LogP contribution in [0.2, 0.25) is 0 Å². The number of nitrogens with zero attached hydrogens (tertiary/aromatic N) is 3. The molecule has 0 aromatic carbocycles. The summed E-state index contributed by atoms with van der Waals surface area (Å²) in [4.78, 5) is 35.5. The van der Waals surface area contributed by atoms with Gasteiger partial charge in [-0.15, -0.1) is 0 Å². The van der Waals surface area contributed by atoms with Crippen LogP contribution in [0.25, 0.3) is 17.2 Å². The number of carbonyl (C=O) groups is 2. The third-order valence-corrected chi connectivity index (χ3v) is 3.37. The van der Waals surface area contributed by atoms with Crippen LogP contribution in [-0.4, -0.2) is 25.9 Å². The van der Waals surface area contributed by atoms with Crippen molar-refractivity contribution in [3.8, 4) is 0 Å². The lowest BCUT2D eigenvalue weighted by molar-refractivity contribution is -0.119. The van der Waals surface area contributed by atoms with Crippen LogP contribution in [-0.2, 0) is 9.59 Å². The van der Waals surface area contributed by atoms with Gasteiger partial charge in [-0.25, -0.2) is 9.97 Å². The van der Waals surface area contributed by atoms with Crippen LogP contribution < -0.4 is 0 Å². The number of hydrogen-bond acceptors (Lipinski definition) is 6. The molecule has 3 heterocycles. The average Bonchev–Trinajstić information content (AvgIpc) is 2.68. The number of pyridine rings is 1. The molecule has 0 N–H and O–H groups in total. The molecule has 0 unspecified atom stereocenters. The maximum Gasteiger partial charge on any atom is 0.201 e. The van der Waals surface area contributed by atoms with Crippen molar-refractivity contribution < 1.29 is 9.59 Å². The van der Waals surface area contributed by atoms with E-state index < -0.39 is 0 Å². The summed E-state index contributed by atoms with van der Waals surface area (Å²) in [5.74, 6) is -0.147. The minimum absolute atomic E-state index is 0.0239. The quantitative estimate of drug-likeness (QED) is 0.570. The van der Waals surface area contributed by atoms with Gasteiger partial charge in [0.05, 0.1) is 17.0 Å². The van der Waals surface area contributed by atoms with Crippen LogP contribution >= 0.6 is 11.8 Å². The number of carbonyl (C=O) groups excluding carboxylic acids is 2. The summed E-state index contributed by atoms with van der Waals surface area (Å²) in [6.45, 7) is 0. The van der Waals surface area contributed by atoms with E-state index in [1.54, 1.807) is 30.6 Å². The van der Waals surface area contributed by atoms with Crippen LogP contribution in [0.1, 0.15) is 12.1 Å². The van der Waals surface area contributed by atoms with Crippen molar-refractivity contribution in [2.24, 2.45) is 0 Å². The van der Waals surface area contributed by atoms with E-state index in [1.165, 1.54) is 0 Å². The topological polar surface area (TPSA) is 72.8 Å². The van der Waals surface area contributed by atoms with E-state index >= 15 is 0 Å². The van der Waals surface area contributed by atoms with E-state index in [-0.39, 0.29) is 17.3 Å². The van der Waals surface area contributed by atoms with Crippen LogP contribution in [0.4, 0.5) is 0 Å². The highest BCUT2D eigenvalue weighted by atomic mass is 32.2. The van der Waals surface area contributed by atoms with Gasteiger partial charge in [-0.2, -0.15) is 0 Å². The van der Waals surface area contributed by atoms with Crippen molar-refractivity contribution in [2.75, 3.05) is 0 Å². The number of thioether (sulfide) groups is 1. The molecule has 0 bridgehead atoms. The van der Waals surface area contributed by atoms with Crippen LogP contribution in [0.15, 0.2) is 29.4 Å². The Morgan fingerprint density at radius 3 is 2.78 bits per heavy atom. The van der Waals surface area contributed by atoms with Gasteiger partial charge in [-0.05, 0) is 30.0 Å². The third kappa shape index (κ3) is 2.02. The molecule has 0 radical (unpaired) electrons. The van der Waals surface area contributed by atoms with Gasteiger partial charge in [0.1, 0.15) is 5.52 Å². The Hall–Kier alpha value is -2.08. The molecule has 0 atom stereocenters. The molecule has 1 aliphatic heterocycles. The normalized spacial score (nSPS) is 17.9. The largest absolute Gasteiger partial charge is 0.293 e. The molecule has 2 aromatic heterocycles. The maximum absolute atomic E-state index is 11.5. The predicted molar refractivity (Wildman–Crippen MR) is 67.5 cm³/mol. The van der Waals surface area contributed by atoms with E-state index in [4.69, 9.17) is 0 Å². The number of allylic oxidation sites excluding steroid dienone is 1. The molecule has 6 heteroatoms. The minimum Gasteiger partial charge on any atom is -0.293 e. The Labute approximate surface area is 106 Å². The second-order valence-corrected chi connectivity index (χ2v) is 4.82. The zero-order chi connectivity index (χ0) is 12.5. The summed E-state index contributed by atoms with van der Waals surface area (Å²) in [5.41, 5.74) is 1.82. The van der Waals surface area contributed by atoms with Crippen LogP contribution in [0.5, 0.6) is 0 Å². The molecule has 18 heavy (non-hydrogen) atoms. The number of ketones is 1. The fourth-order valence-electron chi connectivity index (χ4n) is 1.63. The monoisotopic (exact) mass is 257 g/mol. The molecule has 3 rings (SSSR count). The maximum atomic E-state index is 11.5. The first-order valence-electron chi connectivity index (χ1n) is 5.26. The predicted octanol–water partition coefficient (Wildman–Crippen LogP) is 1.60. The first-order chi connectivity index (χ1) is 8.72. The van der Waals surface area contributed by atoms with Gasteiger partial charge < -0.3 is 0 Å². The molecule has 0 saturated carbocycles. The molecule has 1 saturated heterocycles. The fourth-order valence-corrected chi connectivity index (χ4v) is 2.44. The van der Waals surface area contributed by atoms with Crippen LogP contribution in [0.3, 0.4) is 0 Å². The SMILES string of the molecule is O=C1CC(=O)/C(=C/c2ccc3nccnc3n2)S1. The highest BCUT2D eigenvalue weighted by Crippen LogP contribution is 2.30. The lowest BCUT2D eigenvalue weighted by Gasteiger charge is -1.97. The molecule has 2 aromatic rings. The molecule has 0 spiro atoms. The van der Waals surface area contributed by atoms with Gasteiger partial charge in [0, 0.05) is 12.4 Å². The van der Waals surface area contributed by atoms with E-state index in [0.29, 0.717) is 21.8 Å². The second kappa shape index (κ2) is 4.30. The fraction of sp³-hybridized carbons (Fsp3) is 0.0833. The highest BCUT2D eigenvalue weighted by molar-refractivity contribution is 8.18. The van der Waals surface area contributed by atoms with E-state index in [0.717, 1.165) is 11.8 Å². The Balaban J connectivity index is 2.02. The summed E-state index contributed by atoms with van der Waals surface area (Å²) < 4.78 is 0. The molecule has 1 fully saturated rings. The van der Waals surface area contributed by atoms with E-state index in [1.807, 2.05) is 0 Å². The molecule has 5 nitrogen and oxygen atoms in total. The number of aromatic nitrogens is 3. The van der Waals surface area contributed by atoms with Crippen molar-refractivity contribution in [3.05, 3.63) is 35.1 Å². The third-order valence-electron chi connectivity index (χ3n) is 2.44.